The Kier molecular flexibility index (Phi) is 5.03. The highest BCUT2D eigenvalue weighted by Crippen LogP contribution is 2.05. The third kappa shape index (κ3) is 4.77. The molecule has 0 bridgehead atoms. The van der Waals surface area contributed by atoms with Crippen molar-refractivity contribution in [1.29, 1.82) is 0 Å². The number of ether oxygens (including phenoxy) is 1. The molecule has 0 aliphatic rings. The summed E-state index contributed by atoms with van der Waals surface area (Å²) < 4.78 is 4.54. The van der Waals surface area contributed by atoms with E-state index >= 15 is 0 Å². The van der Waals surface area contributed by atoms with E-state index in [4.69, 9.17) is 15.3 Å². The number of hydrogen-bond donors (Lipinski definition) is 3. The van der Waals surface area contributed by atoms with Gasteiger partial charge < -0.3 is 20.1 Å². The van der Waals surface area contributed by atoms with Crippen LogP contribution in [-0.2, 0) is 19.1 Å². The predicted molar refractivity (Wildman–Crippen MR) is 46.4 cm³/mol. The van der Waals surface area contributed by atoms with Crippen molar-refractivity contribution >= 4 is 17.9 Å². The molecule has 0 aromatic heterocycles. The minimum absolute atomic E-state index is 0.813. The maximum absolute atomic E-state index is 10.5. The van der Waals surface area contributed by atoms with Gasteiger partial charge in [-0.3, -0.25) is 4.79 Å². The fraction of sp³-hybridized carbons (Fsp3) is 0.375. The van der Waals surface area contributed by atoms with Crippen molar-refractivity contribution in [2.24, 2.45) is 0 Å². The summed E-state index contributed by atoms with van der Waals surface area (Å²) in [6.45, 7) is 3.13. The molecule has 0 saturated heterocycles. The van der Waals surface area contributed by atoms with Crippen molar-refractivity contribution in [3.05, 3.63) is 12.7 Å². The molecule has 0 aromatic carbocycles. The summed E-state index contributed by atoms with van der Waals surface area (Å²) >= 11 is 0. The summed E-state index contributed by atoms with van der Waals surface area (Å²) in [4.78, 5) is 31.2. The monoisotopic (exact) mass is 218 g/mol. The maximum Gasteiger partial charge on any atom is 0.336 e. The third-order valence-electron chi connectivity index (χ3n) is 1.40. The van der Waals surface area contributed by atoms with Crippen molar-refractivity contribution in [2.45, 2.75) is 18.6 Å². The van der Waals surface area contributed by atoms with Gasteiger partial charge in [0.25, 0.3) is 0 Å². The Morgan fingerprint density at radius 3 is 2.00 bits per heavy atom. The molecular weight excluding hydrogens is 208 g/mol. The Morgan fingerprint density at radius 2 is 1.73 bits per heavy atom. The average Bonchev–Trinajstić information content (AvgIpc) is 2.10. The van der Waals surface area contributed by atoms with Gasteiger partial charge in [0.1, 0.15) is 0 Å². The molecule has 0 aliphatic heterocycles. The van der Waals surface area contributed by atoms with Crippen LogP contribution in [0.2, 0.25) is 0 Å². The van der Waals surface area contributed by atoms with Gasteiger partial charge in [-0.1, -0.05) is 12.7 Å². The minimum Gasteiger partial charge on any atom is -0.481 e. The second-order valence-corrected chi connectivity index (χ2v) is 2.56. The van der Waals surface area contributed by atoms with E-state index in [-0.39, 0.29) is 0 Å². The molecule has 0 spiro atoms. The lowest BCUT2D eigenvalue weighted by molar-refractivity contribution is -0.166. The van der Waals surface area contributed by atoms with Crippen molar-refractivity contribution < 1.29 is 34.4 Å². The van der Waals surface area contributed by atoms with Gasteiger partial charge in [0, 0.05) is 0 Å². The molecule has 0 fully saturated rings. The molecule has 2 unspecified atom stereocenters. The first-order chi connectivity index (χ1) is 6.88. The van der Waals surface area contributed by atoms with Crippen LogP contribution in [0.4, 0.5) is 0 Å². The van der Waals surface area contributed by atoms with E-state index in [1.54, 1.807) is 0 Å². The van der Waals surface area contributed by atoms with E-state index in [1.807, 2.05) is 0 Å². The lowest BCUT2D eigenvalue weighted by Gasteiger charge is -2.14. The maximum atomic E-state index is 10.5. The first-order valence-electron chi connectivity index (χ1n) is 3.84. The highest BCUT2D eigenvalue weighted by Gasteiger charge is 2.27. The summed E-state index contributed by atoms with van der Waals surface area (Å²) in [5.74, 6) is -4.36. The molecule has 7 nitrogen and oxygen atoms in total. The number of hydrogen-bond acceptors (Lipinski definition) is 4. The van der Waals surface area contributed by atoms with Crippen LogP contribution in [0.15, 0.2) is 12.7 Å². The minimum atomic E-state index is -1.71. The Bertz CT molecular complexity index is 283. The van der Waals surface area contributed by atoms with Crippen molar-refractivity contribution in [3.63, 3.8) is 0 Å². The van der Waals surface area contributed by atoms with Crippen LogP contribution in [-0.4, -0.2) is 45.4 Å². The molecule has 15 heavy (non-hydrogen) atoms. The van der Waals surface area contributed by atoms with E-state index < -0.39 is 36.5 Å². The molecule has 3 N–H and O–H groups in total. The summed E-state index contributed by atoms with van der Waals surface area (Å²) in [6, 6.07) is 0. The second kappa shape index (κ2) is 5.76. The Hall–Kier alpha value is -1.89. The smallest absolute Gasteiger partial charge is 0.336 e. The number of carbonyl (C=O) groups is 3. The average molecular weight is 218 g/mol. The molecule has 0 saturated carbocycles. The molecule has 0 heterocycles. The van der Waals surface area contributed by atoms with Crippen LogP contribution >= 0.6 is 0 Å². The largest absolute Gasteiger partial charge is 0.481 e. The fourth-order valence-corrected chi connectivity index (χ4v) is 0.744. The molecular formula is C8H10O7. The first-order valence-corrected chi connectivity index (χ1v) is 3.84. The lowest BCUT2D eigenvalue weighted by Crippen LogP contribution is -2.34. The molecule has 0 amide bonds. The molecule has 0 aliphatic carbocycles. The van der Waals surface area contributed by atoms with E-state index in [1.165, 1.54) is 0 Å². The van der Waals surface area contributed by atoms with E-state index in [2.05, 4.69) is 11.3 Å². The van der Waals surface area contributed by atoms with Crippen LogP contribution in [0.1, 0.15) is 6.42 Å². The van der Waals surface area contributed by atoms with Gasteiger partial charge in [0.05, 0.1) is 6.42 Å². The molecule has 7 heteroatoms. The molecule has 0 rings (SSSR count). The van der Waals surface area contributed by atoms with Crippen LogP contribution in [0.3, 0.4) is 0 Å². The highest BCUT2D eigenvalue weighted by atomic mass is 16.5. The Balaban J connectivity index is 4.51. The number of aliphatic carboxylic acids is 3. The number of rotatable bonds is 7. The summed E-state index contributed by atoms with van der Waals surface area (Å²) in [7, 11) is 0. The van der Waals surface area contributed by atoms with Gasteiger partial charge in [-0.2, -0.15) is 0 Å². The summed E-state index contributed by atoms with van der Waals surface area (Å²) in [6.07, 6.45) is -3.18. The first kappa shape index (κ1) is 13.1. The lowest BCUT2D eigenvalue weighted by atomic mass is 10.2. The second-order valence-electron chi connectivity index (χ2n) is 2.56. The highest BCUT2D eigenvalue weighted by molar-refractivity contribution is 5.80. The van der Waals surface area contributed by atoms with Crippen LogP contribution in [0, 0.1) is 0 Å². The number of carboxylic acids is 3. The van der Waals surface area contributed by atoms with E-state index in [0.29, 0.717) is 0 Å². The van der Waals surface area contributed by atoms with Crippen molar-refractivity contribution in [3.8, 4) is 0 Å². The van der Waals surface area contributed by atoms with Crippen LogP contribution in [0.5, 0.6) is 0 Å². The fourth-order valence-electron chi connectivity index (χ4n) is 0.744. The molecule has 0 radical (unpaired) electrons. The van der Waals surface area contributed by atoms with Gasteiger partial charge in [0.15, 0.2) is 12.2 Å². The molecule has 84 valence electrons. The Morgan fingerprint density at radius 1 is 1.20 bits per heavy atom. The zero-order chi connectivity index (χ0) is 12.0. The summed E-state index contributed by atoms with van der Waals surface area (Å²) in [5, 5.41) is 25.4. The molecule has 2 atom stereocenters. The van der Waals surface area contributed by atoms with Gasteiger partial charge in [-0.05, 0) is 0 Å². The standard InChI is InChI=1S/C8H10O7/c1-2-4(7(11)12)15-5(8(13)14)3-6(9)10/h2,4-5H,1,3H2,(H,9,10)(H,11,12)(H,13,14). The van der Waals surface area contributed by atoms with E-state index in [9.17, 15) is 14.4 Å². The number of carboxylic acid groups (broad SMARTS) is 3. The van der Waals surface area contributed by atoms with Crippen LogP contribution < -0.4 is 0 Å². The third-order valence-corrected chi connectivity index (χ3v) is 1.40. The van der Waals surface area contributed by atoms with Crippen LogP contribution in [0.25, 0.3) is 0 Å². The van der Waals surface area contributed by atoms with Gasteiger partial charge in [-0.25, -0.2) is 9.59 Å². The quantitative estimate of drug-likeness (QED) is 0.495. The molecule has 0 aromatic rings. The van der Waals surface area contributed by atoms with Crippen molar-refractivity contribution in [2.75, 3.05) is 0 Å². The topological polar surface area (TPSA) is 121 Å². The zero-order valence-corrected chi connectivity index (χ0v) is 7.62. The van der Waals surface area contributed by atoms with Gasteiger partial charge in [0.2, 0.25) is 0 Å². The van der Waals surface area contributed by atoms with E-state index in [0.717, 1.165) is 6.08 Å². The zero-order valence-electron chi connectivity index (χ0n) is 7.62. The van der Waals surface area contributed by atoms with Crippen molar-refractivity contribution in [1.82, 2.24) is 0 Å². The van der Waals surface area contributed by atoms with Gasteiger partial charge in [-0.15, -0.1) is 0 Å². The summed E-state index contributed by atoms with van der Waals surface area (Å²) in [5.41, 5.74) is 0. The predicted octanol–water partition coefficient (Wildman–Crippen LogP) is -0.430. The Labute approximate surface area is 84.6 Å². The normalized spacial score (nSPS) is 13.9. The SMILES string of the molecule is C=CC(OC(CC(=O)O)C(=O)O)C(=O)O. The van der Waals surface area contributed by atoms with Gasteiger partial charge >= 0.3 is 17.9 Å².